The molecule has 0 saturated carbocycles. The largest absolute Gasteiger partial charge is 0.383 e. The second-order valence-corrected chi connectivity index (χ2v) is 5.19. The smallest absolute Gasteiger partial charge is 0.236 e. The molecule has 0 atom stereocenters. The standard InChI is InChI=1S/C15H24N4O2/c1-21-10-5-17-12-15(20)19-8-6-18(7-9-19)13-14-3-2-4-16-11-14/h2-4,11,17H,5-10,12-13H2,1H3. The number of pyridine rings is 1. The molecule has 2 rings (SSSR count). The summed E-state index contributed by atoms with van der Waals surface area (Å²) in [4.78, 5) is 20.4. The van der Waals surface area contributed by atoms with Gasteiger partial charge in [0.1, 0.15) is 0 Å². The van der Waals surface area contributed by atoms with Crippen molar-refractivity contribution in [2.75, 3.05) is 53.0 Å². The molecule has 1 amide bonds. The first kappa shape index (κ1) is 15.9. The molecule has 2 heterocycles. The fraction of sp³-hybridized carbons (Fsp3) is 0.600. The third kappa shape index (κ3) is 5.41. The summed E-state index contributed by atoms with van der Waals surface area (Å²) in [6.07, 6.45) is 3.69. The van der Waals surface area contributed by atoms with E-state index in [1.54, 1.807) is 13.3 Å². The minimum atomic E-state index is 0.173. The van der Waals surface area contributed by atoms with Gasteiger partial charge in [-0.15, -0.1) is 0 Å². The van der Waals surface area contributed by atoms with Crippen molar-refractivity contribution in [1.29, 1.82) is 0 Å². The third-order valence-electron chi connectivity index (χ3n) is 3.61. The number of carbonyl (C=O) groups is 1. The highest BCUT2D eigenvalue weighted by Crippen LogP contribution is 2.07. The van der Waals surface area contributed by atoms with Crippen LogP contribution in [0.4, 0.5) is 0 Å². The summed E-state index contributed by atoms with van der Waals surface area (Å²) >= 11 is 0. The number of hydrogen-bond acceptors (Lipinski definition) is 5. The average Bonchev–Trinajstić information content (AvgIpc) is 2.53. The fourth-order valence-corrected chi connectivity index (χ4v) is 2.39. The average molecular weight is 292 g/mol. The number of nitrogens with one attached hydrogen (secondary N) is 1. The van der Waals surface area contributed by atoms with Crippen LogP contribution in [0.15, 0.2) is 24.5 Å². The van der Waals surface area contributed by atoms with Crippen LogP contribution < -0.4 is 5.32 Å². The lowest BCUT2D eigenvalue weighted by Gasteiger charge is -2.34. The summed E-state index contributed by atoms with van der Waals surface area (Å²) in [5.74, 6) is 0.173. The SMILES string of the molecule is COCCNCC(=O)N1CCN(Cc2cccnc2)CC1. The van der Waals surface area contributed by atoms with Gasteiger partial charge in [-0.25, -0.2) is 0 Å². The van der Waals surface area contributed by atoms with Crippen LogP contribution in [-0.4, -0.2) is 73.7 Å². The van der Waals surface area contributed by atoms with Crippen molar-refractivity contribution < 1.29 is 9.53 Å². The lowest BCUT2D eigenvalue weighted by molar-refractivity contribution is -0.132. The van der Waals surface area contributed by atoms with Crippen molar-refractivity contribution in [2.24, 2.45) is 0 Å². The van der Waals surface area contributed by atoms with Crippen LogP contribution in [0.1, 0.15) is 5.56 Å². The Hall–Kier alpha value is -1.50. The van der Waals surface area contributed by atoms with Crippen LogP contribution in [0.25, 0.3) is 0 Å². The molecular weight excluding hydrogens is 268 g/mol. The number of aromatic nitrogens is 1. The minimum Gasteiger partial charge on any atom is -0.383 e. The molecule has 6 nitrogen and oxygen atoms in total. The summed E-state index contributed by atoms with van der Waals surface area (Å²) in [7, 11) is 1.66. The van der Waals surface area contributed by atoms with Gasteiger partial charge < -0.3 is 15.0 Å². The molecule has 1 fully saturated rings. The van der Waals surface area contributed by atoms with Crippen molar-refractivity contribution in [3.05, 3.63) is 30.1 Å². The van der Waals surface area contributed by atoms with E-state index in [-0.39, 0.29) is 5.91 Å². The van der Waals surface area contributed by atoms with Crippen LogP contribution in [0, 0.1) is 0 Å². The van der Waals surface area contributed by atoms with E-state index in [2.05, 4.69) is 21.3 Å². The minimum absolute atomic E-state index is 0.173. The Morgan fingerprint density at radius 2 is 2.19 bits per heavy atom. The van der Waals surface area contributed by atoms with Gasteiger partial charge in [0, 0.05) is 58.8 Å². The van der Waals surface area contributed by atoms with E-state index in [1.165, 1.54) is 5.56 Å². The summed E-state index contributed by atoms with van der Waals surface area (Å²) in [6.45, 7) is 6.07. The number of amides is 1. The van der Waals surface area contributed by atoms with Gasteiger partial charge in [-0.2, -0.15) is 0 Å². The monoisotopic (exact) mass is 292 g/mol. The number of piperazine rings is 1. The highest BCUT2D eigenvalue weighted by Gasteiger charge is 2.20. The molecule has 0 radical (unpaired) electrons. The second kappa shape index (κ2) is 8.71. The van der Waals surface area contributed by atoms with Crippen LogP contribution in [0.5, 0.6) is 0 Å². The zero-order valence-electron chi connectivity index (χ0n) is 12.6. The predicted molar refractivity (Wildman–Crippen MR) is 80.8 cm³/mol. The molecule has 1 saturated heterocycles. The van der Waals surface area contributed by atoms with Crippen molar-refractivity contribution in [3.63, 3.8) is 0 Å². The summed E-state index contributed by atoms with van der Waals surface area (Å²) in [6, 6.07) is 4.05. The van der Waals surface area contributed by atoms with Gasteiger partial charge in [0.15, 0.2) is 0 Å². The predicted octanol–water partition coefficient (Wildman–Crippen LogP) is -0.0382. The molecular formula is C15H24N4O2. The number of rotatable bonds is 7. The normalized spacial score (nSPS) is 16.1. The summed E-state index contributed by atoms with van der Waals surface area (Å²) in [5, 5.41) is 3.10. The Morgan fingerprint density at radius 3 is 2.86 bits per heavy atom. The van der Waals surface area contributed by atoms with Crippen LogP contribution in [-0.2, 0) is 16.1 Å². The first-order valence-corrected chi connectivity index (χ1v) is 7.38. The zero-order chi connectivity index (χ0) is 14.9. The third-order valence-corrected chi connectivity index (χ3v) is 3.61. The topological polar surface area (TPSA) is 57.7 Å². The Labute approximate surface area is 126 Å². The Balaban J connectivity index is 1.67. The van der Waals surface area contributed by atoms with Gasteiger partial charge >= 0.3 is 0 Å². The molecule has 21 heavy (non-hydrogen) atoms. The van der Waals surface area contributed by atoms with E-state index in [0.29, 0.717) is 19.7 Å². The van der Waals surface area contributed by atoms with Gasteiger partial charge in [-0.1, -0.05) is 6.07 Å². The molecule has 0 aliphatic carbocycles. The molecule has 1 aliphatic rings. The van der Waals surface area contributed by atoms with Gasteiger partial charge in [-0.05, 0) is 11.6 Å². The van der Waals surface area contributed by atoms with E-state index in [1.807, 2.05) is 17.2 Å². The van der Waals surface area contributed by atoms with E-state index >= 15 is 0 Å². The lowest BCUT2D eigenvalue weighted by Crippen LogP contribution is -2.50. The van der Waals surface area contributed by atoms with Crippen LogP contribution >= 0.6 is 0 Å². The lowest BCUT2D eigenvalue weighted by atomic mass is 10.2. The van der Waals surface area contributed by atoms with E-state index in [4.69, 9.17) is 4.74 Å². The first-order chi connectivity index (χ1) is 10.3. The summed E-state index contributed by atoms with van der Waals surface area (Å²) in [5.41, 5.74) is 1.22. The molecule has 1 aromatic rings. The van der Waals surface area contributed by atoms with Gasteiger partial charge in [0.2, 0.25) is 5.91 Å². The molecule has 116 valence electrons. The second-order valence-electron chi connectivity index (χ2n) is 5.19. The molecule has 1 aliphatic heterocycles. The first-order valence-electron chi connectivity index (χ1n) is 7.38. The molecule has 1 aromatic heterocycles. The Kier molecular flexibility index (Phi) is 6.59. The van der Waals surface area contributed by atoms with Crippen molar-refractivity contribution in [1.82, 2.24) is 20.1 Å². The maximum atomic E-state index is 12.0. The van der Waals surface area contributed by atoms with Gasteiger partial charge in [0.25, 0.3) is 0 Å². The zero-order valence-corrected chi connectivity index (χ0v) is 12.6. The van der Waals surface area contributed by atoms with Crippen LogP contribution in [0.3, 0.4) is 0 Å². The Morgan fingerprint density at radius 1 is 1.38 bits per heavy atom. The Bertz CT molecular complexity index is 419. The molecule has 0 unspecified atom stereocenters. The highest BCUT2D eigenvalue weighted by atomic mass is 16.5. The quantitative estimate of drug-likeness (QED) is 0.715. The highest BCUT2D eigenvalue weighted by molar-refractivity contribution is 5.78. The maximum Gasteiger partial charge on any atom is 0.236 e. The van der Waals surface area contributed by atoms with E-state index < -0.39 is 0 Å². The molecule has 6 heteroatoms. The van der Waals surface area contributed by atoms with Gasteiger partial charge in [0.05, 0.1) is 13.2 Å². The molecule has 0 aromatic carbocycles. The fourth-order valence-electron chi connectivity index (χ4n) is 2.39. The number of methoxy groups -OCH3 is 1. The van der Waals surface area contributed by atoms with Crippen LogP contribution in [0.2, 0.25) is 0 Å². The van der Waals surface area contributed by atoms with E-state index in [0.717, 1.165) is 32.7 Å². The number of nitrogens with zero attached hydrogens (tertiary/aromatic N) is 3. The van der Waals surface area contributed by atoms with Crippen molar-refractivity contribution >= 4 is 5.91 Å². The molecule has 0 spiro atoms. The number of ether oxygens (including phenoxy) is 1. The molecule has 0 bridgehead atoms. The number of carbonyl (C=O) groups excluding carboxylic acids is 1. The van der Waals surface area contributed by atoms with E-state index in [9.17, 15) is 4.79 Å². The maximum absolute atomic E-state index is 12.0. The molecule has 1 N–H and O–H groups in total. The van der Waals surface area contributed by atoms with Gasteiger partial charge in [-0.3, -0.25) is 14.7 Å². The van der Waals surface area contributed by atoms with Crippen molar-refractivity contribution in [2.45, 2.75) is 6.54 Å². The summed E-state index contributed by atoms with van der Waals surface area (Å²) < 4.78 is 4.94. The number of hydrogen-bond donors (Lipinski definition) is 1. The van der Waals surface area contributed by atoms with Crippen molar-refractivity contribution in [3.8, 4) is 0 Å².